The molecule has 0 atom stereocenters. The fourth-order valence-corrected chi connectivity index (χ4v) is 2.90. The van der Waals surface area contributed by atoms with E-state index in [-0.39, 0.29) is 0 Å². The molecule has 0 radical (unpaired) electrons. The van der Waals surface area contributed by atoms with E-state index >= 15 is 0 Å². The van der Waals surface area contributed by atoms with E-state index < -0.39 is 0 Å². The lowest BCUT2D eigenvalue weighted by Crippen LogP contribution is -2.34. The summed E-state index contributed by atoms with van der Waals surface area (Å²) in [4.78, 5) is 0. The number of hydrogen-bond donors (Lipinski definition) is 1. The SMILES string of the molecule is CC(C)COCCC1(CNC2CC2)CCCC1. The topological polar surface area (TPSA) is 21.3 Å². The summed E-state index contributed by atoms with van der Waals surface area (Å²) in [5, 5.41) is 3.73. The minimum absolute atomic E-state index is 0.569. The van der Waals surface area contributed by atoms with Crippen LogP contribution in [0.3, 0.4) is 0 Å². The molecule has 0 amide bonds. The Labute approximate surface area is 107 Å². The average molecular weight is 239 g/mol. The van der Waals surface area contributed by atoms with Crippen molar-refractivity contribution in [3.05, 3.63) is 0 Å². The van der Waals surface area contributed by atoms with Gasteiger partial charge in [0.25, 0.3) is 0 Å². The van der Waals surface area contributed by atoms with Gasteiger partial charge in [-0.1, -0.05) is 26.7 Å². The molecule has 0 aromatic heterocycles. The van der Waals surface area contributed by atoms with Crippen LogP contribution in [0.1, 0.15) is 58.8 Å². The summed E-state index contributed by atoms with van der Waals surface area (Å²) >= 11 is 0. The molecule has 0 aromatic carbocycles. The van der Waals surface area contributed by atoms with Gasteiger partial charge in [0.1, 0.15) is 0 Å². The van der Waals surface area contributed by atoms with Crippen LogP contribution in [0.5, 0.6) is 0 Å². The zero-order valence-corrected chi connectivity index (χ0v) is 11.6. The summed E-state index contributed by atoms with van der Waals surface area (Å²) in [6.07, 6.45) is 9.75. The van der Waals surface area contributed by atoms with Crippen LogP contribution in [0.4, 0.5) is 0 Å². The van der Waals surface area contributed by atoms with Gasteiger partial charge in [0, 0.05) is 25.8 Å². The smallest absolute Gasteiger partial charge is 0.0488 e. The largest absolute Gasteiger partial charge is 0.381 e. The number of ether oxygens (including phenoxy) is 1. The number of rotatable bonds is 8. The van der Waals surface area contributed by atoms with E-state index in [2.05, 4.69) is 19.2 Å². The van der Waals surface area contributed by atoms with Gasteiger partial charge in [-0.15, -0.1) is 0 Å². The molecule has 2 rings (SSSR count). The third kappa shape index (κ3) is 4.59. The maximum absolute atomic E-state index is 5.78. The van der Waals surface area contributed by atoms with E-state index in [1.54, 1.807) is 0 Å². The third-order valence-corrected chi connectivity index (χ3v) is 4.24. The summed E-state index contributed by atoms with van der Waals surface area (Å²) in [5.41, 5.74) is 0.569. The van der Waals surface area contributed by atoms with Crippen LogP contribution in [0.25, 0.3) is 0 Å². The molecule has 2 heteroatoms. The van der Waals surface area contributed by atoms with Crippen molar-refractivity contribution in [1.82, 2.24) is 5.32 Å². The predicted octanol–water partition coefficient (Wildman–Crippen LogP) is 3.36. The van der Waals surface area contributed by atoms with Gasteiger partial charge < -0.3 is 10.1 Å². The Morgan fingerprint density at radius 3 is 2.53 bits per heavy atom. The van der Waals surface area contributed by atoms with E-state index in [0.29, 0.717) is 11.3 Å². The van der Waals surface area contributed by atoms with Crippen LogP contribution in [-0.2, 0) is 4.74 Å². The summed E-state index contributed by atoms with van der Waals surface area (Å²) in [6, 6.07) is 0.851. The standard InChI is InChI=1S/C15H29NO/c1-13(2)11-17-10-9-15(7-3-4-8-15)12-16-14-5-6-14/h13-14,16H,3-12H2,1-2H3. The minimum atomic E-state index is 0.569. The molecule has 2 nitrogen and oxygen atoms in total. The first-order valence-electron chi connectivity index (χ1n) is 7.51. The summed E-state index contributed by atoms with van der Waals surface area (Å²) in [5.74, 6) is 0.666. The van der Waals surface area contributed by atoms with Crippen molar-refractivity contribution in [2.45, 2.75) is 64.8 Å². The molecule has 2 aliphatic rings. The van der Waals surface area contributed by atoms with E-state index in [0.717, 1.165) is 19.3 Å². The van der Waals surface area contributed by atoms with E-state index in [1.165, 1.54) is 51.5 Å². The lowest BCUT2D eigenvalue weighted by molar-refractivity contribution is 0.0767. The van der Waals surface area contributed by atoms with Crippen molar-refractivity contribution in [2.24, 2.45) is 11.3 Å². The highest BCUT2D eigenvalue weighted by atomic mass is 16.5. The molecule has 2 saturated carbocycles. The van der Waals surface area contributed by atoms with Gasteiger partial charge in [-0.2, -0.15) is 0 Å². The molecule has 100 valence electrons. The van der Waals surface area contributed by atoms with Crippen molar-refractivity contribution in [3.63, 3.8) is 0 Å². The zero-order valence-electron chi connectivity index (χ0n) is 11.6. The summed E-state index contributed by atoms with van der Waals surface area (Å²) in [6.45, 7) is 7.57. The first-order chi connectivity index (χ1) is 8.20. The molecule has 0 saturated heterocycles. The first-order valence-corrected chi connectivity index (χ1v) is 7.51. The summed E-state index contributed by atoms with van der Waals surface area (Å²) in [7, 11) is 0. The maximum atomic E-state index is 5.78. The van der Waals surface area contributed by atoms with Gasteiger partial charge in [0.2, 0.25) is 0 Å². The first kappa shape index (κ1) is 13.4. The maximum Gasteiger partial charge on any atom is 0.0488 e. The Balaban J connectivity index is 1.67. The Morgan fingerprint density at radius 1 is 1.24 bits per heavy atom. The molecular weight excluding hydrogens is 210 g/mol. The Hall–Kier alpha value is -0.0800. The molecular formula is C15H29NO. The monoisotopic (exact) mass is 239 g/mol. The lowest BCUT2D eigenvalue weighted by atomic mass is 9.83. The normalized spacial score (nSPS) is 23.5. The zero-order chi connectivity index (χ0) is 12.1. The quantitative estimate of drug-likeness (QED) is 0.656. The average Bonchev–Trinajstić information content (AvgIpc) is 3.02. The van der Waals surface area contributed by atoms with Crippen LogP contribution in [-0.4, -0.2) is 25.8 Å². The van der Waals surface area contributed by atoms with Gasteiger partial charge in [0.15, 0.2) is 0 Å². The van der Waals surface area contributed by atoms with Gasteiger partial charge in [-0.3, -0.25) is 0 Å². The van der Waals surface area contributed by atoms with E-state index in [4.69, 9.17) is 4.74 Å². The molecule has 2 aliphatic carbocycles. The molecule has 0 spiro atoms. The Kier molecular flexibility index (Phi) is 4.87. The second-order valence-electron chi connectivity index (χ2n) is 6.58. The second kappa shape index (κ2) is 6.19. The fourth-order valence-electron chi connectivity index (χ4n) is 2.90. The van der Waals surface area contributed by atoms with Crippen molar-refractivity contribution in [1.29, 1.82) is 0 Å². The minimum Gasteiger partial charge on any atom is -0.381 e. The molecule has 1 N–H and O–H groups in total. The number of hydrogen-bond acceptors (Lipinski definition) is 2. The van der Waals surface area contributed by atoms with Crippen LogP contribution in [0.2, 0.25) is 0 Å². The molecule has 0 unspecified atom stereocenters. The van der Waals surface area contributed by atoms with Crippen molar-refractivity contribution in [3.8, 4) is 0 Å². The van der Waals surface area contributed by atoms with E-state index in [1.807, 2.05) is 0 Å². The van der Waals surface area contributed by atoms with Crippen molar-refractivity contribution >= 4 is 0 Å². The van der Waals surface area contributed by atoms with Gasteiger partial charge in [-0.25, -0.2) is 0 Å². The summed E-state index contributed by atoms with van der Waals surface area (Å²) < 4.78 is 5.78. The highest BCUT2D eigenvalue weighted by Gasteiger charge is 2.35. The van der Waals surface area contributed by atoms with Gasteiger partial charge in [0.05, 0.1) is 0 Å². The highest BCUT2D eigenvalue weighted by molar-refractivity contribution is 4.90. The molecule has 0 heterocycles. The molecule has 0 aliphatic heterocycles. The van der Waals surface area contributed by atoms with Gasteiger partial charge in [-0.05, 0) is 43.4 Å². The van der Waals surface area contributed by atoms with E-state index in [9.17, 15) is 0 Å². The van der Waals surface area contributed by atoms with Crippen LogP contribution in [0.15, 0.2) is 0 Å². The molecule has 0 aromatic rings. The van der Waals surface area contributed by atoms with Crippen LogP contribution < -0.4 is 5.32 Å². The highest BCUT2D eigenvalue weighted by Crippen LogP contribution is 2.41. The van der Waals surface area contributed by atoms with Crippen LogP contribution in [0, 0.1) is 11.3 Å². The fraction of sp³-hybridized carbons (Fsp3) is 1.00. The molecule has 17 heavy (non-hydrogen) atoms. The van der Waals surface area contributed by atoms with Gasteiger partial charge >= 0.3 is 0 Å². The predicted molar refractivity (Wildman–Crippen MR) is 72.2 cm³/mol. The van der Waals surface area contributed by atoms with Crippen molar-refractivity contribution < 1.29 is 4.74 Å². The Bertz CT molecular complexity index is 217. The van der Waals surface area contributed by atoms with Crippen molar-refractivity contribution in [2.75, 3.05) is 19.8 Å². The Morgan fingerprint density at radius 2 is 1.94 bits per heavy atom. The lowest BCUT2D eigenvalue weighted by Gasteiger charge is -2.29. The number of nitrogens with one attached hydrogen (secondary N) is 1. The van der Waals surface area contributed by atoms with Crippen LogP contribution >= 0.6 is 0 Å². The third-order valence-electron chi connectivity index (χ3n) is 4.24. The second-order valence-corrected chi connectivity index (χ2v) is 6.58. The molecule has 2 fully saturated rings. The molecule has 0 bridgehead atoms.